The first-order chi connectivity index (χ1) is 8.20. The molecule has 1 N–H and O–H groups in total. The number of rotatable bonds is 2. The van der Waals surface area contributed by atoms with Crippen molar-refractivity contribution in [2.45, 2.75) is 0 Å². The third-order valence-corrected chi connectivity index (χ3v) is 2.15. The summed E-state index contributed by atoms with van der Waals surface area (Å²) in [7, 11) is 1.47. The van der Waals surface area contributed by atoms with Crippen molar-refractivity contribution in [3.05, 3.63) is 42.7 Å². The molecule has 2 aromatic rings. The molecule has 0 bridgehead atoms. The summed E-state index contributed by atoms with van der Waals surface area (Å²) in [6.07, 6.45) is 4.25. The zero-order chi connectivity index (χ0) is 12.3. The molecule has 1 heterocycles. The summed E-state index contributed by atoms with van der Waals surface area (Å²) < 4.78 is 19.6. The van der Waals surface area contributed by atoms with Crippen molar-refractivity contribution in [3.8, 4) is 5.75 Å². The molecule has 5 nitrogen and oxygen atoms in total. The highest BCUT2D eigenvalue weighted by Gasteiger charge is 2.09. The highest BCUT2D eigenvalue weighted by molar-refractivity contribution is 5.91. The Labute approximate surface area is 96.8 Å². The minimum Gasteiger partial charge on any atom is -0.497 e. The van der Waals surface area contributed by atoms with Crippen LogP contribution in [0.3, 0.4) is 0 Å². The number of ether oxygens (including phenoxy) is 1. The Hall–Kier alpha value is -2.37. The van der Waals surface area contributed by atoms with E-state index in [4.69, 9.17) is 4.74 Å². The SMILES string of the molecule is COc1ccc(F)c(NC(=O)n2ccnc2)c1. The first-order valence-electron chi connectivity index (χ1n) is 4.83. The van der Waals surface area contributed by atoms with Crippen molar-refractivity contribution < 1.29 is 13.9 Å². The Morgan fingerprint density at radius 2 is 2.35 bits per heavy atom. The lowest BCUT2D eigenvalue weighted by molar-refractivity contribution is 0.253. The van der Waals surface area contributed by atoms with Crippen LogP contribution >= 0.6 is 0 Å². The summed E-state index contributed by atoms with van der Waals surface area (Å²) in [5, 5.41) is 2.42. The molecule has 88 valence electrons. The highest BCUT2D eigenvalue weighted by Crippen LogP contribution is 2.21. The van der Waals surface area contributed by atoms with Crippen molar-refractivity contribution in [3.63, 3.8) is 0 Å². The average molecular weight is 235 g/mol. The molecule has 0 unspecified atom stereocenters. The molecule has 1 amide bonds. The van der Waals surface area contributed by atoms with Crippen LogP contribution in [-0.2, 0) is 0 Å². The molecular formula is C11H10FN3O2. The zero-order valence-electron chi connectivity index (χ0n) is 9.05. The number of imidazole rings is 1. The van der Waals surface area contributed by atoms with Crippen molar-refractivity contribution in [2.75, 3.05) is 12.4 Å². The number of methoxy groups -OCH3 is 1. The first kappa shape index (κ1) is 11.1. The van der Waals surface area contributed by atoms with E-state index in [1.807, 2.05) is 0 Å². The van der Waals surface area contributed by atoms with E-state index in [2.05, 4.69) is 10.3 Å². The summed E-state index contributed by atoms with van der Waals surface area (Å²) in [6, 6.07) is 3.61. The predicted molar refractivity (Wildman–Crippen MR) is 59.6 cm³/mol. The van der Waals surface area contributed by atoms with Crippen LogP contribution in [0.1, 0.15) is 0 Å². The topological polar surface area (TPSA) is 56.1 Å². The lowest BCUT2D eigenvalue weighted by Gasteiger charge is -2.08. The fourth-order valence-corrected chi connectivity index (χ4v) is 1.29. The van der Waals surface area contributed by atoms with E-state index in [1.54, 1.807) is 0 Å². The quantitative estimate of drug-likeness (QED) is 0.867. The van der Waals surface area contributed by atoms with Crippen molar-refractivity contribution >= 4 is 11.7 Å². The van der Waals surface area contributed by atoms with Crippen LogP contribution in [0.2, 0.25) is 0 Å². The van der Waals surface area contributed by atoms with Crippen LogP contribution in [0.5, 0.6) is 5.75 Å². The van der Waals surface area contributed by atoms with Gasteiger partial charge in [0.15, 0.2) is 0 Å². The number of hydrogen-bond donors (Lipinski definition) is 1. The minimum absolute atomic E-state index is 0.0584. The number of halogens is 1. The van der Waals surface area contributed by atoms with Gasteiger partial charge in [0.05, 0.1) is 12.8 Å². The van der Waals surface area contributed by atoms with Gasteiger partial charge in [0.2, 0.25) is 0 Å². The molecule has 0 fully saturated rings. The lowest BCUT2D eigenvalue weighted by Crippen LogP contribution is -2.18. The van der Waals surface area contributed by atoms with Crippen molar-refractivity contribution in [2.24, 2.45) is 0 Å². The Bertz CT molecular complexity index is 526. The minimum atomic E-state index is -0.528. The monoisotopic (exact) mass is 235 g/mol. The largest absolute Gasteiger partial charge is 0.497 e. The van der Waals surface area contributed by atoms with Gasteiger partial charge in [-0.25, -0.2) is 14.2 Å². The molecule has 0 spiro atoms. The summed E-state index contributed by atoms with van der Waals surface area (Å²) in [5.41, 5.74) is 0.0584. The Morgan fingerprint density at radius 3 is 3.00 bits per heavy atom. The van der Waals surface area contributed by atoms with Gasteiger partial charge in [0, 0.05) is 18.5 Å². The van der Waals surface area contributed by atoms with Crippen molar-refractivity contribution in [1.29, 1.82) is 0 Å². The summed E-state index contributed by atoms with van der Waals surface area (Å²) in [4.78, 5) is 15.4. The van der Waals surface area contributed by atoms with E-state index in [0.717, 1.165) is 0 Å². The number of hydrogen-bond acceptors (Lipinski definition) is 3. The number of anilines is 1. The number of benzene rings is 1. The van der Waals surface area contributed by atoms with E-state index in [9.17, 15) is 9.18 Å². The van der Waals surface area contributed by atoms with Gasteiger partial charge in [-0.05, 0) is 12.1 Å². The standard InChI is InChI=1S/C11H10FN3O2/c1-17-8-2-3-9(12)10(6-8)14-11(16)15-5-4-13-7-15/h2-7H,1H3,(H,14,16). The second kappa shape index (κ2) is 4.65. The smallest absolute Gasteiger partial charge is 0.331 e. The Kier molecular flexibility index (Phi) is 3.04. The molecule has 0 radical (unpaired) electrons. The maximum Gasteiger partial charge on any atom is 0.331 e. The zero-order valence-corrected chi connectivity index (χ0v) is 9.05. The number of aromatic nitrogens is 2. The number of nitrogens with one attached hydrogen (secondary N) is 1. The van der Waals surface area contributed by atoms with Gasteiger partial charge in [-0.15, -0.1) is 0 Å². The number of carbonyl (C=O) groups excluding carboxylic acids is 1. The molecule has 0 aliphatic heterocycles. The van der Waals surface area contributed by atoms with Gasteiger partial charge in [0.1, 0.15) is 17.9 Å². The van der Waals surface area contributed by atoms with Crippen LogP contribution in [0, 0.1) is 5.82 Å². The van der Waals surface area contributed by atoms with Gasteiger partial charge >= 0.3 is 6.03 Å². The van der Waals surface area contributed by atoms with Crippen molar-refractivity contribution in [1.82, 2.24) is 9.55 Å². The molecule has 0 saturated heterocycles. The summed E-state index contributed by atoms with van der Waals surface area (Å²) in [5.74, 6) is -0.0633. The maximum atomic E-state index is 13.4. The number of nitrogens with zero attached hydrogens (tertiary/aromatic N) is 2. The molecule has 6 heteroatoms. The molecule has 17 heavy (non-hydrogen) atoms. The van der Waals surface area contributed by atoms with Crippen LogP contribution in [0.25, 0.3) is 0 Å². The van der Waals surface area contributed by atoms with E-state index >= 15 is 0 Å². The van der Waals surface area contributed by atoms with Gasteiger partial charge in [0.25, 0.3) is 0 Å². The third kappa shape index (κ3) is 2.41. The maximum absolute atomic E-state index is 13.4. The fraction of sp³-hybridized carbons (Fsp3) is 0.0909. The summed E-state index contributed by atoms with van der Waals surface area (Å²) >= 11 is 0. The van der Waals surface area contributed by atoms with Crippen LogP contribution in [0.4, 0.5) is 14.9 Å². The van der Waals surface area contributed by atoms with Gasteiger partial charge in [-0.2, -0.15) is 0 Å². The normalized spacial score (nSPS) is 10.0. The van der Waals surface area contributed by atoms with Crippen LogP contribution in [-0.4, -0.2) is 22.7 Å². The molecule has 0 atom stereocenters. The van der Waals surface area contributed by atoms with E-state index in [0.29, 0.717) is 5.75 Å². The van der Waals surface area contributed by atoms with Gasteiger partial charge < -0.3 is 10.1 Å². The first-order valence-corrected chi connectivity index (χ1v) is 4.83. The summed E-state index contributed by atoms with van der Waals surface area (Å²) in [6.45, 7) is 0. The highest BCUT2D eigenvalue weighted by atomic mass is 19.1. The number of carbonyl (C=O) groups is 1. The fourth-order valence-electron chi connectivity index (χ4n) is 1.29. The Morgan fingerprint density at radius 1 is 1.53 bits per heavy atom. The van der Waals surface area contributed by atoms with Crippen LogP contribution < -0.4 is 10.1 Å². The van der Waals surface area contributed by atoms with Gasteiger partial charge in [-0.3, -0.25) is 4.57 Å². The molecule has 1 aromatic heterocycles. The predicted octanol–water partition coefficient (Wildman–Crippen LogP) is 2.11. The van der Waals surface area contributed by atoms with Crippen LogP contribution in [0.15, 0.2) is 36.9 Å². The molecule has 2 rings (SSSR count). The van der Waals surface area contributed by atoms with E-state index in [-0.39, 0.29) is 5.69 Å². The second-order valence-corrected chi connectivity index (χ2v) is 3.25. The molecule has 1 aromatic carbocycles. The molecule has 0 saturated carbocycles. The van der Waals surface area contributed by atoms with E-state index in [1.165, 1.54) is 48.6 Å². The second-order valence-electron chi connectivity index (χ2n) is 3.25. The average Bonchev–Trinajstić information content (AvgIpc) is 2.85. The number of amides is 1. The molecular weight excluding hydrogens is 225 g/mol. The molecule has 0 aliphatic rings. The third-order valence-electron chi connectivity index (χ3n) is 2.15. The van der Waals surface area contributed by atoms with Gasteiger partial charge in [-0.1, -0.05) is 0 Å². The lowest BCUT2D eigenvalue weighted by atomic mass is 10.3. The Balaban J connectivity index is 2.21. The van der Waals surface area contributed by atoms with E-state index < -0.39 is 11.8 Å². The molecule has 0 aliphatic carbocycles.